The third-order valence-electron chi connectivity index (χ3n) is 3.43. The summed E-state index contributed by atoms with van der Waals surface area (Å²) in [6, 6.07) is -0.632. The summed E-state index contributed by atoms with van der Waals surface area (Å²) in [6.45, 7) is 4.83. The predicted molar refractivity (Wildman–Crippen MR) is 70.0 cm³/mol. The second-order valence-corrected chi connectivity index (χ2v) is 4.71. The van der Waals surface area contributed by atoms with Gasteiger partial charge in [-0.2, -0.15) is 0 Å². The highest BCUT2D eigenvalue weighted by molar-refractivity contribution is 5.82. The number of ether oxygens (including phenoxy) is 1. The quantitative estimate of drug-likeness (QED) is 0.857. The number of hydrogen-bond donors (Lipinski definition) is 1. The Morgan fingerprint density at radius 3 is 2.90 bits per heavy atom. The fourth-order valence-electron chi connectivity index (χ4n) is 2.55. The van der Waals surface area contributed by atoms with Crippen LogP contribution in [0.1, 0.15) is 32.0 Å². The lowest BCUT2D eigenvalue weighted by Crippen LogP contribution is -2.52. The average Bonchev–Trinajstić information content (AvgIpc) is 2.86. The van der Waals surface area contributed by atoms with Gasteiger partial charge >= 0.3 is 5.97 Å². The van der Waals surface area contributed by atoms with Crippen molar-refractivity contribution in [1.29, 1.82) is 0 Å². The van der Waals surface area contributed by atoms with Crippen molar-refractivity contribution in [3.05, 3.63) is 18.2 Å². The number of aryl methyl sites for hydroxylation is 1. The third kappa shape index (κ3) is 2.53. The zero-order chi connectivity index (χ0) is 14.7. The smallest absolute Gasteiger partial charge is 0.335 e. The largest absolute Gasteiger partial charge is 0.479 e. The first kappa shape index (κ1) is 14.5. The van der Waals surface area contributed by atoms with Gasteiger partial charge in [-0.1, -0.05) is 6.92 Å². The van der Waals surface area contributed by atoms with E-state index in [9.17, 15) is 14.7 Å². The number of morpholine rings is 1. The second kappa shape index (κ2) is 6.04. The van der Waals surface area contributed by atoms with Crippen LogP contribution in [0.2, 0.25) is 0 Å². The van der Waals surface area contributed by atoms with Crippen LogP contribution < -0.4 is 0 Å². The molecule has 2 atom stereocenters. The predicted octanol–water partition coefficient (Wildman–Crippen LogP) is 0.666. The van der Waals surface area contributed by atoms with Gasteiger partial charge < -0.3 is 19.3 Å². The number of carbonyl (C=O) groups excluding carboxylic acids is 1. The number of imidazole rings is 1. The lowest BCUT2D eigenvalue weighted by molar-refractivity contribution is -0.173. The molecule has 1 N–H and O–H groups in total. The maximum absolute atomic E-state index is 11.9. The molecular formula is C13H19N3O4. The van der Waals surface area contributed by atoms with E-state index in [0.29, 0.717) is 12.2 Å². The molecule has 2 unspecified atom stereocenters. The monoisotopic (exact) mass is 281 g/mol. The molecule has 0 aromatic carbocycles. The van der Waals surface area contributed by atoms with E-state index >= 15 is 0 Å². The van der Waals surface area contributed by atoms with Gasteiger partial charge in [0.15, 0.2) is 6.10 Å². The van der Waals surface area contributed by atoms with Crippen LogP contribution in [0.15, 0.2) is 12.5 Å². The summed E-state index contributed by atoms with van der Waals surface area (Å²) in [5.41, 5.74) is 0.703. The molecule has 2 heterocycles. The van der Waals surface area contributed by atoms with Crippen molar-refractivity contribution < 1.29 is 19.4 Å². The normalized spacial score (nSPS) is 23.1. The molecule has 1 aromatic rings. The number of hydrogen-bond acceptors (Lipinski definition) is 4. The van der Waals surface area contributed by atoms with Gasteiger partial charge in [-0.3, -0.25) is 4.79 Å². The second-order valence-electron chi connectivity index (χ2n) is 4.71. The summed E-state index contributed by atoms with van der Waals surface area (Å²) >= 11 is 0. The van der Waals surface area contributed by atoms with Gasteiger partial charge in [0.25, 0.3) is 0 Å². The van der Waals surface area contributed by atoms with Crippen LogP contribution in [0.3, 0.4) is 0 Å². The van der Waals surface area contributed by atoms with Crippen molar-refractivity contribution in [2.45, 2.75) is 39.0 Å². The number of aliphatic carboxylic acids is 1. The van der Waals surface area contributed by atoms with Crippen LogP contribution in [0.25, 0.3) is 0 Å². The van der Waals surface area contributed by atoms with Crippen LogP contribution in [0.5, 0.6) is 0 Å². The molecule has 7 nitrogen and oxygen atoms in total. The van der Waals surface area contributed by atoms with Gasteiger partial charge in [0, 0.05) is 13.1 Å². The molecule has 0 bridgehead atoms. The van der Waals surface area contributed by atoms with Crippen LogP contribution in [0, 0.1) is 0 Å². The van der Waals surface area contributed by atoms with E-state index in [1.54, 1.807) is 17.4 Å². The molecule has 0 aliphatic carbocycles. The Morgan fingerprint density at radius 1 is 1.55 bits per heavy atom. The standard InChI is InChI=1S/C13H19N3O4/c1-3-5-15-8-14-6-9(15)11-12(13(18)19)20-7-10(17)16(11)4-2/h6,8,11-12H,3-5,7H2,1-2H3,(H,18,19). The molecule has 7 heteroatoms. The number of aromatic nitrogens is 2. The van der Waals surface area contributed by atoms with Crippen molar-refractivity contribution in [2.75, 3.05) is 13.2 Å². The zero-order valence-electron chi connectivity index (χ0n) is 11.7. The van der Waals surface area contributed by atoms with Gasteiger partial charge in [0.1, 0.15) is 12.6 Å². The number of likely N-dealkylation sites (N-methyl/N-ethyl adjacent to an activating group) is 1. The lowest BCUT2D eigenvalue weighted by atomic mass is 10.0. The Morgan fingerprint density at radius 2 is 2.30 bits per heavy atom. The van der Waals surface area contributed by atoms with Crippen molar-refractivity contribution >= 4 is 11.9 Å². The van der Waals surface area contributed by atoms with E-state index in [2.05, 4.69) is 4.98 Å². The fraction of sp³-hybridized carbons (Fsp3) is 0.615. The molecule has 1 aliphatic rings. The minimum Gasteiger partial charge on any atom is -0.479 e. The number of rotatable bonds is 5. The van der Waals surface area contributed by atoms with Gasteiger partial charge in [-0.25, -0.2) is 9.78 Å². The molecule has 0 spiro atoms. The molecule has 0 radical (unpaired) electrons. The fourth-order valence-corrected chi connectivity index (χ4v) is 2.55. The Labute approximate surface area is 117 Å². The van der Waals surface area contributed by atoms with Crippen LogP contribution in [-0.2, 0) is 20.9 Å². The minimum atomic E-state index is -1.06. The highest BCUT2D eigenvalue weighted by Crippen LogP contribution is 2.30. The molecule has 0 saturated carbocycles. The van der Waals surface area contributed by atoms with E-state index in [-0.39, 0.29) is 12.5 Å². The first-order chi connectivity index (χ1) is 9.60. The van der Waals surface area contributed by atoms with E-state index < -0.39 is 18.1 Å². The lowest BCUT2D eigenvalue weighted by Gasteiger charge is -2.38. The molecule has 1 saturated heterocycles. The van der Waals surface area contributed by atoms with Gasteiger partial charge in [0.2, 0.25) is 5.91 Å². The minimum absolute atomic E-state index is 0.191. The SMILES string of the molecule is CCCn1cncc1C1C(C(=O)O)OCC(=O)N1CC. The van der Waals surface area contributed by atoms with Crippen molar-refractivity contribution in [3.63, 3.8) is 0 Å². The number of nitrogens with zero attached hydrogens (tertiary/aromatic N) is 3. The third-order valence-corrected chi connectivity index (χ3v) is 3.43. The average molecular weight is 281 g/mol. The zero-order valence-corrected chi connectivity index (χ0v) is 11.7. The van der Waals surface area contributed by atoms with E-state index in [1.807, 2.05) is 18.4 Å². The van der Waals surface area contributed by atoms with Crippen LogP contribution >= 0.6 is 0 Å². The number of carboxylic acids is 1. The summed E-state index contributed by atoms with van der Waals surface area (Å²) in [5, 5.41) is 9.34. The maximum atomic E-state index is 11.9. The first-order valence-corrected chi connectivity index (χ1v) is 6.74. The highest BCUT2D eigenvalue weighted by atomic mass is 16.5. The summed E-state index contributed by atoms with van der Waals surface area (Å²) in [5.74, 6) is -1.26. The van der Waals surface area contributed by atoms with Crippen molar-refractivity contribution in [3.8, 4) is 0 Å². The topological polar surface area (TPSA) is 84.7 Å². The highest BCUT2D eigenvalue weighted by Gasteiger charge is 2.42. The van der Waals surface area contributed by atoms with Crippen LogP contribution in [-0.4, -0.2) is 50.7 Å². The molecule has 1 aromatic heterocycles. The molecule has 20 heavy (non-hydrogen) atoms. The van der Waals surface area contributed by atoms with E-state index in [1.165, 1.54) is 0 Å². The molecule has 1 aliphatic heterocycles. The maximum Gasteiger partial charge on any atom is 0.335 e. The first-order valence-electron chi connectivity index (χ1n) is 6.74. The summed E-state index contributed by atoms with van der Waals surface area (Å²) < 4.78 is 7.10. The Balaban J connectivity index is 2.41. The van der Waals surface area contributed by atoms with Gasteiger partial charge in [-0.15, -0.1) is 0 Å². The van der Waals surface area contributed by atoms with Crippen LogP contribution in [0.4, 0.5) is 0 Å². The molecule has 2 rings (SSSR count). The molecule has 1 amide bonds. The van der Waals surface area contributed by atoms with Gasteiger partial charge in [-0.05, 0) is 13.3 Å². The summed E-state index contributed by atoms with van der Waals surface area (Å²) in [7, 11) is 0. The van der Waals surface area contributed by atoms with Crippen molar-refractivity contribution in [2.24, 2.45) is 0 Å². The van der Waals surface area contributed by atoms with E-state index in [4.69, 9.17) is 4.74 Å². The Kier molecular flexibility index (Phi) is 4.39. The number of carboxylic acid groups (broad SMARTS) is 1. The summed E-state index contributed by atoms with van der Waals surface area (Å²) in [4.78, 5) is 29.0. The Bertz CT molecular complexity index is 498. The molecule has 110 valence electrons. The van der Waals surface area contributed by atoms with E-state index in [0.717, 1.165) is 13.0 Å². The van der Waals surface area contributed by atoms with Gasteiger partial charge in [0.05, 0.1) is 18.2 Å². The summed E-state index contributed by atoms with van der Waals surface area (Å²) in [6.07, 6.45) is 3.11. The Hall–Kier alpha value is -1.89. The molecular weight excluding hydrogens is 262 g/mol. The van der Waals surface area contributed by atoms with Crippen molar-refractivity contribution in [1.82, 2.24) is 14.5 Å². The molecule has 1 fully saturated rings. The number of carbonyl (C=O) groups is 2. The number of amides is 1.